The van der Waals surface area contributed by atoms with Crippen molar-refractivity contribution in [3.05, 3.63) is 23.8 Å². The number of anilines is 1. The van der Waals surface area contributed by atoms with E-state index in [1.807, 2.05) is 0 Å². The van der Waals surface area contributed by atoms with Gasteiger partial charge in [-0.2, -0.15) is 0 Å². The van der Waals surface area contributed by atoms with Gasteiger partial charge in [-0.25, -0.2) is 0 Å². The first-order chi connectivity index (χ1) is 8.81. The maximum absolute atomic E-state index is 11.5. The first-order valence-electron chi connectivity index (χ1n) is 5.79. The number of benzene rings is 1. The van der Waals surface area contributed by atoms with Gasteiger partial charge in [0.15, 0.2) is 6.61 Å². The molecule has 1 amide bonds. The SMILES string of the molecule is CN1C(=O)COc2ccc(C(C)(O)CC(=O)O)cc21. The number of amides is 1. The molecule has 2 rings (SSSR count). The van der Waals surface area contributed by atoms with Gasteiger partial charge in [0.05, 0.1) is 17.7 Å². The molecule has 1 aromatic carbocycles. The minimum Gasteiger partial charge on any atom is -0.482 e. The van der Waals surface area contributed by atoms with Crippen LogP contribution in [0.15, 0.2) is 18.2 Å². The molecule has 19 heavy (non-hydrogen) atoms. The van der Waals surface area contributed by atoms with Crippen LogP contribution in [-0.4, -0.2) is 35.7 Å². The highest BCUT2D eigenvalue weighted by atomic mass is 16.5. The van der Waals surface area contributed by atoms with Crippen molar-refractivity contribution in [2.24, 2.45) is 0 Å². The summed E-state index contributed by atoms with van der Waals surface area (Å²) in [5, 5.41) is 19.0. The number of likely N-dealkylation sites (N-methyl/N-ethyl adjacent to an activating group) is 1. The molecule has 6 nitrogen and oxygen atoms in total. The monoisotopic (exact) mass is 265 g/mol. The summed E-state index contributed by atoms with van der Waals surface area (Å²) >= 11 is 0. The van der Waals surface area contributed by atoms with E-state index in [4.69, 9.17) is 9.84 Å². The van der Waals surface area contributed by atoms with Crippen LogP contribution < -0.4 is 9.64 Å². The lowest BCUT2D eigenvalue weighted by Gasteiger charge is -2.29. The summed E-state index contributed by atoms with van der Waals surface area (Å²) in [5.74, 6) is -0.747. The lowest BCUT2D eigenvalue weighted by molar-refractivity contribution is -0.142. The van der Waals surface area contributed by atoms with E-state index < -0.39 is 18.0 Å². The average molecular weight is 265 g/mol. The van der Waals surface area contributed by atoms with Crippen molar-refractivity contribution < 1.29 is 24.5 Å². The zero-order chi connectivity index (χ0) is 14.2. The van der Waals surface area contributed by atoms with Gasteiger partial charge in [-0.15, -0.1) is 0 Å². The molecule has 1 atom stereocenters. The summed E-state index contributed by atoms with van der Waals surface area (Å²) < 4.78 is 5.27. The molecule has 102 valence electrons. The van der Waals surface area contributed by atoms with Crippen LogP contribution in [0.25, 0.3) is 0 Å². The quantitative estimate of drug-likeness (QED) is 0.841. The van der Waals surface area contributed by atoms with Crippen molar-refractivity contribution in [2.45, 2.75) is 18.9 Å². The van der Waals surface area contributed by atoms with Crippen LogP contribution in [0.5, 0.6) is 5.75 Å². The van der Waals surface area contributed by atoms with E-state index in [2.05, 4.69) is 0 Å². The molecule has 1 aromatic rings. The molecule has 0 bridgehead atoms. The van der Waals surface area contributed by atoms with Crippen LogP contribution in [0.1, 0.15) is 18.9 Å². The third kappa shape index (κ3) is 2.53. The van der Waals surface area contributed by atoms with Crippen molar-refractivity contribution in [2.75, 3.05) is 18.6 Å². The smallest absolute Gasteiger partial charge is 0.306 e. The fourth-order valence-corrected chi connectivity index (χ4v) is 2.00. The number of carbonyl (C=O) groups is 2. The van der Waals surface area contributed by atoms with E-state index in [0.29, 0.717) is 17.0 Å². The lowest BCUT2D eigenvalue weighted by atomic mass is 9.92. The fourth-order valence-electron chi connectivity index (χ4n) is 2.00. The molecule has 0 spiro atoms. The number of fused-ring (bicyclic) bond motifs is 1. The zero-order valence-electron chi connectivity index (χ0n) is 10.7. The highest BCUT2D eigenvalue weighted by Gasteiger charge is 2.30. The predicted octanol–water partition coefficient (Wildman–Crippen LogP) is 0.724. The van der Waals surface area contributed by atoms with Gasteiger partial charge in [0.1, 0.15) is 5.75 Å². The zero-order valence-corrected chi connectivity index (χ0v) is 10.7. The van der Waals surface area contributed by atoms with Gasteiger partial charge >= 0.3 is 5.97 Å². The Bertz CT molecular complexity index is 538. The summed E-state index contributed by atoms with van der Waals surface area (Å²) in [7, 11) is 1.61. The molecule has 1 unspecified atom stereocenters. The molecule has 1 heterocycles. The molecule has 0 aliphatic carbocycles. The molecule has 0 saturated carbocycles. The Balaban J connectivity index is 2.40. The first kappa shape index (κ1) is 13.4. The molecule has 2 N–H and O–H groups in total. The number of carbonyl (C=O) groups excluding carboxylic acids is 1. The Labute approximate surface area is 110 Å². The minimum absolute atomic E-state index is 0.0195. The lowest BCUT2D eigenvalue weighted by Crippen LogP contribution is -2.36. The standard InChI is InChI=1S/C13H15NO5/c1-13(18,6-12(16)17)8-3-4-10-9(5-8)14(2)11(15)7-19-10/h3-5,18H,6-7H2,1-2H3,(H,16,17). The minimum atomic E-state index is -1.50. The van der Waals surface area contributed by atoms with Gasteiger partial charge in [0, 0.05) is 7.05 Å². The second-order valence-corrected chi connectivity index (χ2v) is 4.77. The summed E-state index contributed by atoms with van der Waals surface area (Å²) in [4.78, 5) is 23.7. The second kappa shape index (κ2) is 4.55. The van der Waals surface area contributed by atoms with Crippen LogP contribution in [0.4, 0.5) is 5.69 Å². The van der Waals surface area contributed by atoms with Gasteiger partial charge in [-0.1, -0.05) is 6.07 Å². The largest absolute Gasteiger partial charge is 0.482 e. The van der Waals surface area contributed by atoms with Crippen LogP contribution in [0.3, 0.4) is 0 Å². The highest BCUT2D eigenvalue weighted by Crippen LogP contribution is 2.36. The number of aliphatic hydroxyl groups is 1. The number of aliphatic carboxylic acids is 1. The Morgan fingerprint density at radius 3 is 2.84 bits per heavy atom. The van der Waals surface area contributed by atoms with Crippen LogP contribution in [0.2, 0.25) is 0 Å². The molecule has 0 fully saturated rings. The molecular formula is C13H15NO5. The van der Waals surface area contributed by atoms with Gasteiger partial charge in [0.25, 0.3) is 5.91 Å². The maximum Gasteiger partial charge on any atom is 0.306 e. The first-order valence-corrected chi connectivity index (χ1v) is 5.79. The maximum atomic E-state index is 11.5. The van der Waals surface area contributed by atoms with Crippen molar-refractivity contribution in [1.82, 2.24) is 0 Å². The number of carboxylic acid groups (broad SMARTS) is 1. The number of nitrogens with zero attached hydrogens (tertiary/aromatic N) is 1. The van der Waals surface area contributed by atoms with Crippen LogP contribution in [0, 0.1) is 0 Å². The molecule has 6 heteroatoms. The fraction of sp³-hybridized carbons (Fsp3) is 0.385. The van der Waals surface area contributed by atoms with Crippen molar-refractivity contribution in [3.63, 3.8) is 0 Å². The topological polar surface area (TPSA) is 87.1 Å². The second-order valence-electron chi connectivity index (χ2n) is 4.77. The van der Waals surface area contributed by atoms with Crippen molar-refractivity contribution in [1.29, 1.82) is 0 Å². The third-order valence-electron chi connectivity index (χ3n) is 3.16. The Morgan fingerprint density at radius 1 is 1.53 bits per heavy atom. The van der Waals surface area contributed by atoms with Crippen molar-refractivity contribution >= 4 is 17.6 Å². The number of hydrogen-bond donors (Lipinski definition) is 2. The van der Waals surface area contributed by atoms with Gasteiger partial charge in [0.2, 0.25) is 0 Å². The molecule has 0 aromatic heterocycles. The molecular weight excluding hydrogens is 250 g/mol. The predicted molar refractivity (Wildman–Crippen MR) is 67.2 cm³/mol. The average Bonchev–Trinajstić information content (AvgIpc) is 2.32. The van der Waals surface area contributed by atoms with Crippen LogP contribution in [-0.2, 0) is 15.2 Å². The van der Waals surface area contributed by atoms with E-state index in [1.54, 1.807) is 25.2 Å². The third-order valence-corrected chi connectivity index (χ3v) is 3.16. The summed E-state index contributed by atoms with van der Waals surface area (Å²) in [6.07, 6.45) is -0.412. The molecule has 1 aliphatic rings. The summed E-state index contributed by atoms with van der Waals surface area (Å²) in [6.45, 7) is 1.41. The van der Waals surface area contributed by atoms with Crippen molar-refractivity contribution in [3.8, 4) is 5.75 Å². The number of ether oxygens (including phenoxy) is 1. The highest BCUT2D eigenvalue weighted by molar-refractivity contribution is 5.97. The molecule has 1 aliphatic heterocycles. The van der Waals surface area contributed by atoms with E-state index in [9.17, 15) is 14.7 Å². The summed E-state index contributed by atoms with van der Waals surface area (Å²) in [6, 6.07) is 4.81. The summed E-state index contributed by atoms with van der Waals surface area (Å²) in [5.41, 5.74) is -0.541. The van der Waals surface area contributed by atoms with Gasteiger partial charge < -0.3 is 19.8 Å². The van der Waals surface area contributed by atoms with E-state index in [1.165, 1.54) is 11.8 Å². The molecule has 0 saturated heterocycles. The number of carboxylic acids is 1. The number of hydrogen-bond acceptors (Lipinski definition) is 4. The van der Waals surface area contributed by atoms with Gasteiger partial charge in [-0.3, -0.25) is 9.59 Å². The van der Waals surface area contributed by atoms with E-state index in [-0.39, 0.29) is 12.5 Å². The molecule has 0 radical (unpaired) electrons. The van der Waals surface area contributed by atoms with E-state index >= 15 is 0 Å². The van der Waals surface area contributed by atoms with Crippen LogP contribution >= 0.6 is 0 Å². The Kier molecular flexibility index (Phi) is 3.20. The van der Waals surface area contributed by atoms with E-state index in [0.717, 1.165) is 0 Å². The Hall–Kier alpha value is -2.08. The number of rotatable bonds is 3. The normalized spacial score (nSPS) is 17.4. The Morgan fingerprint density at radius 2 is 2.21 bits per heavy atom. The van der Waals surface area contributed by atoms with Gasteiger partial charge in [-0.05, 0) is 24.6 Å².